The molecule has 0 saturated carbocycles. The van der Waals surface area contributed by atoms with Crippen molar-refractivity contribution in [1.29, 1.82) is 0 Å². The Balaban J connectivity index is 2.22. The van der Waals surface area contributed by atoms with E-state index in [4.69, 9.17) is 5.11 Å². The van der Waals surface area contributed by atoms with E-state index in [0.29, 0.717) is 10.2 Å². The van der Waals surface area contributed by atoms with Crippen LogP contribution in [0.15, 0.2) is 47.1 Å². The van der Waals surface area contributed by atoms with Crippen molar-refractivity contribution in [3.63, 3.8) is 0 Å². The van der Waals surface area contributed by atoms with E-state index in [-0.39, 0.29) is 11.3 Å². The first-order valence-electron chi connectivity index (χ1n) is 5.33. The van der Waals surface area contributed by atoms with E-state index in [9.17, 15) is 9.59 Å². The van der Waals surface area contributed by atoms with Crippen LogP contribution >= 0.6 is 15.9 Å². The van der Waals surface area contributed by atoms with Gasteiger partial charge in [0.2, 0.25) is 0 Å². The van der Waals surface area contributed by atoms with Crippen LogP contribution in [0.25, 0.3) is 0 Å². The molecule has 1 aromatic heterocycles. The summed E-state index contributed by atoms with van der Waals surface area (Å²) in [5.41, 5.74) is 0.753. The van der Waals surface area contributed by atoms with E-state index in [1.807, 2.05) is 0 Å². The second-order valence-electron chi connectivity index (χ2n) is 3.67. The third-order valence-electron chi connectivity index (χ3n) is 2.34. The molecule has 0 aliphatic rings. The summed E-state index contributed by atoms with van der Waals surface area (Å²) in [4.78, 5) is 26.8. The summed E-state index contributed by atoms with van der Waals surface area (Å²) in [5, 5.41) is 11.5. The molecule has 0 bridgehead atoms. The fraction of sp³-hybridized carbons (Fsp3) is 0. The average molecular weight is 321 g/mol. The van der Waals surface area contributed by atoms with Gasteiger partial charge in [0, 0.05) is 16.4 Å². The lowest BCUT2D eigenvalue weighted by Gasteiger charge is -2.06. The fourth-order valence-electron chi connectivity index (χ4n) is 1.47. The van der Waals surface area contributed by atoms with Crippen LogP contribution in [0.4, 0.5) is 5.69 Å². The van der Waals surface area contributed by atoms with Gasteiger partial charge < -0.3 is 10.4 Å². The van der Waals surface area contributed by atoms with Crippen LogP contribution in [0.2, 0.25) is 0 Å². The molecule has 0 saturated heterocycles. The van der Waals surface area contributed by atoms with Gasteiger partial charge in [0.1, 0.15) is 5.69 Å². The molecule has 2 N–H and O–H groups in total. The summed E-state index contributed by atoms with van der Waals surface area (Å²) in [6.45, 7) is 0. The molecule has 1 aromatic carbocycles. The smallest absolute Gasteiger partial charge is 0.335 e. The van der Waals surface area contributed by atoms with Gasteiger partial charge in [0.25, 0.3) is 5.91 Å². The number of anilines is 1. The molecule has 6 heteroatoms. The van der Waals surface area contributed by atoms with Crippen LogP contribution in [0.3, 0.4) is 0 Å². The molecule has 19 heavy (non-hydrogen) atoms. The molecule has 0 radical (unpaired) electrons. The van der Waals surface area contributed by atoms with Crippen LogP contribution in [-0.2, 0) is 0 Å². The summed E-state index contributed by atoms with van der Waals surface area (Å²) in [6, 6.07) is 9.42. The Hall–Kier alpha value is -2.21. The first-order chi connectivity index (χ1) is 9.08. The second-order valence-corrected chi connectivity index (χ2v) is 4.53. The number of hydrogen-bond donors (Lipinski definition) is 2. The highest BCUT2D eigenvalue weighted by Gasteiger charge is 2.12. The number of halogens is 1. The summed E-state index contributed by atoms with van der Waals surface area (Å²) < 4.78 is 0.571. The third-order valence-corrected chi connectivity index (χ3v) is 2.98. The van der Waals surface area contributed by atoms with Gasteiger partial charge in [-0.25, -0.2) is 9.78 Å². The number of pyridine rings is 1. The molecular formula is C13H9BrN2O3. The number of aromatic carboxylic acids is 1. The maximum Gasteiger partial charge on any atom is 0.335 e. The molecule has 0 aliphatic heterocycles. The Kier molecular flexibility index (Phi) is 3.91. The number of rotatable bonds is 3. The number of nitrogens with one attached hydrogen (secondary N) is 1. The molecule has 96 valence electrons. The van der Waals surface area contributed by atoms with E-state index < -0.39 is 11.9 Å². The quantitative estimate of drug-likeness (QED) is 0.911. The highest BCUT2D eigenvalue weighted by atomic mass is 79.9. The highest BCUT2D eigenvalue weighted by Crippen LogP contribution is 2.16. The Morgan fingerprint density at radius 1 is 1.21 bits per heavy atom. The molecule has 5 nitrogen and oxygen atoms in total. The number of carbonyl (C=O) groups is 2. The van der Waals surface area contributed by atoms with Crippen molar-refractivity contribution in [2.45, 2.75) is 0 Å². The number of nitrogens with zero attached hydrogens (tertiary/aromatic N) is 1. The van der Waals surface area contributed by atoms with Gasteiger partial charge in [-0.3, -0.25) is 4.79 Å². The van der Waals surface area contributed by atoms with Crippen molar-refractivity contribution in [1.82, 2.24) is 4.98 Å². The van der Waals surface area contributed by atoms with Crippen molar-refractivity contribution < 1.29 is 14.7 Å². The normalized spacial score (nSPS) is 9.95. The van der Waals surface area contributed by atoms with Crippen LogP contribution < -0.4 is 5.32 Å². The maximum atomic E-state index is 12.0. The van der Waals surface area contributed by atoms with Crippen molar-refractivity contribution in [2.24, 2.45) is 0 Å². The minimum absolute atomic E-state index is 0.109. The minimum atomic E-state index is -1.05. The van der Waals surface area contributed by atoms with E-state index in [0.717, 1.165) is 0 Å². The third kappa shape index (κ3) is 3.17. The summed E-state index contributed by atoms with van der Waals surface area (Å²) >= 11 is 3.23. The fourth-order valence-corrected chi connectivity index (χ4v) is 1.91. The summed E-state index contributed by atoms with van der Waals surface area (Å²) in [7, 11) is 0. The molecule has 2 rings (SSSR count). The zero-order valence-corrected chi connectivity index (χ0v) is 11.2. The minimum Gasteiger partial charge on any atom is -0.478 e. The SMILES string of the molecule is O=C(O)c1cccc(NC(=O)c2ncccc2Br)c1. The Morgan fingerprint density at radius 2 is 2.00 bits per heavy atom. The molecule has 0 spiro atoms. The summed E-state index contributed by atoms with van der Waals surface area (Å²) in [6.07, 6.45) is 1.51. The number of carbonyl (C=O) groups excluding carboxylic acids is 1. The number of amides is 1. The van der Waals surface area contributed by atoms with Gasteiger partial charge in [-0.2, -0.15) is 0 Å². The zero-order chi connectivity index (χ0) is 13.8. The Bertz CT molecular complexity index is 643. The predicted octanol–water partition coefficient (Wildman–Crippen LogP) is 2.79. The molecule has 2 aromatic rings. The molecule has 1 heterocycles. The van der Waals surface area contributed by atoms with E-state index in [2.05, 4.69) is 26.2 Å². The second kappa shape index (κ2) is 5.62. The number of benzene rings is 1. The lowest BCUT2D eigenvalue weighted by atomic mass is 10.2. The Morgan fingerprint density at radius 3 is 2.68 bits per heavy atom. The van der Waals surface area contributed by atoms with Crippen LogP contribution in [-0.4, -0.2) is 22.0 Å². The average Bonchev–Trinajstić information content (AvgIpc) is 2.39. The first kappa shape index (κ1) is 13.2. The first-order valence-corrected chi connectivity index (χ1v) is 6.12. The maximum absolute atomic E-state index is 12.0. The van der Waals surface area contributed by atoms with Gasteiger partial charge in [-0.1, -0.05) is 6.07 Å². The molecular weight excluding hydrogens is 312 g/mol. The molecule has 1 amide bonds. The predicted molar refractivity (Wildman–Crippen MR) is 73.3 cm³/mol. The van der Waals surface area contributed by atoms with E-state index in [1.54, 1.807) is 24.3 Å². The van der Waals surface area contributed by atoms with Gasteiger partial charge in [-0.05, 0) is 46.3 Å². The van der Waals surface area contributed by atoms with Crippen molar-refractivity contribution in [3.05, 3.63) is 58.3 Å². The van der Waals surface area contributed by atoms with Gasteiger partial charge in [0.15, 0.2) is 0 Å². The number of aromatic nitrogens is 1. The molecule has 0 aliphatic carbocycles. The lowest BCUT2D eigenvalue weighted by Crippen LogP contribution is -2.14. The summed E-state index contributed by atoms with van der Waals surface area (Å²) in [5.74, 6) is -1.45. The number of hydrogen-bond acceptors (Lipinski definition) is 3. The van der Waals surface area contributed by atoms with E-state index in [1.165, 1.54) is 18.3 Å². The van der Waals surface area contributed by atoms with Gasteiger partial charge in [-0.15, -0.1) is 0 Å². The monoisotopic (exact) mass is 320 g/mol. The largest absolute Gasteiger partial charge is 0.478 e. The molecule has 0 fully saturated rings. The van der Waals surface area contributed by atoms with Crippen molar-refractivity contribution in [3.8, 4) is 0 Å². The Labute approximate surface area is 117 Å². The van der Waals surface area contributed by atoms with E-state index >= 15 is 0 Å². The van der Waals surface area contributed by atoms with Crippen LogP contribution in [0.1, 0.15) is 20.8 Å². The zero-order valence-electron chi connectivity index (χ0n) is 9.63. The van der Waals surface area contributed by atoms with Crippen molar-refractivity contribution in [2.75, 3.05) is 5.32 Å². The topological polar surface area (TPSA) is 79.3 Å². The highest BCUT2D eigenvalue weighted by molar-refractivity contribution is 9.10. The number of carboxylic acids is 1. The number of carboxylic acid groups (broad SMARTS) is 1. The van der Waals surface area contributed by atoms with Crippen molar-refractivity contribution >= 4 is 33.5 Å². The van der Waals surface area contributed by atoms with Crippen LogP contribution in [0.5, 0.6) is 0 Å². The molecule has 0 atom stereocenters. The van der Waals surface area contributed by atoms with Gasteiger partial charge >= 0.3 is 5.97 Å². The van der Waals surface area contributed by atoms with Gasteiger partial charge in [0.05, 0.1) is 5.56 Å². The molecule has 0 unspecified atom stereocenters. The lowest BCUT2D eigenvalue weighted by molar-refractivity contribution is 0.0696. The van der Waals surface area contributed by atoms with Crippen LogP contribution in [0, 0.1) is 0 Å². The standard InChI is InChI=1S/C13H9BrN2O3/c14-10-5-2-6-15-11(10)12(17)16-9-4-1-3-8(7-9)13(18)19/h1-7H,(H,16,17)(H,18,19).